The molecule has 0 aliphatic rings. The van der Waals surface area contributed by atoms with Crippen LogP contribution in [0.25, 0.3) is 0 Å². The van der Waals surface area contributed by atoms with Crippen LogP contribution in [-0.4, -0.2) is 49.6 Å². The minimum Gasteiger partial charge on any atom is -0.496 e. The summed E-state index contributed by atoms with van der Waals surface area (Å²) >= 11 is 3.46. The number of nitrogens with one attached hydrogen (secondary N) is 1. The second kappa shape index (κ2) is 14.4. The molecule has 0 aliphatic heterocycles. The molecule has 0 radical (unpaired) electrons. The lowest BCUT2D eigenvalue weighted by Crippen LogP contribution is -2.53. The van der Waals surface area contributed by atoms with Crippen LogP contribution in [0.4, 0.5) is 0 Å². The minimum absolute atomic E-state index is 0.0223. The zero-order valence-corrected chi connectivity index (χ0v) is 23.9. The summed E-state index contributed by atoms with van der Waals surface area (Å²) in [7, 11) is 3.10. The molecule has 0 aromatic heterocycles. The van der Waals surface area contributed by atoms with Gasteiger partial charge in [0.15, 0.2) is 6.61 Å². The summed E-state index contributed by atoms with van der Waals surface area (Å²) in [6.45, 7) is 3.97. The van der Waals surface area contributed by atoms with Crippen molar-refractivity contribution in [3.05, 3.63) is 88.4 Å². The second-order valence-corrected chi connectivity index (χ2v) is 9.92. The Morgan fingerprint density at radius 1 is 0.895 bits per heavy atom. The maximum Gasteiger partial charge on any atom is 0.261 e. The van der Waals surface area contributed by atoms with E-state index in [-0.39, 0.29) is 31.0 Å². The Morgan fingerprint density at radius 3 is 2.08 bits per heavy atom. The van der Waals surface area contributed by atoms with Crippen LogP contribution in [0.15, 0.2) is 77.3 Å². The summed E-state index contributed by atoms with van der Waals surface area (Å²) in [5.41, 5.74) is 1.86. The SMILES string of the molecule is CCC(C)NC(=O)C(Cc1ccccc1)N(Cc1ccc(Br)cc1)C(=O)COc1cc(OC)cc(OC)c1. The van der Waals surface area contributed by atoms with Gasteiger partial charge in [-0.05, 0) is 36.6 Å². The number of halogens is 1. The monoisotopic (exact) mass is 582 g/mol. The Morgan fingerprint density at radius 2 is 1.50 bits per heavy atom. The highest BCUT2D eigenvalue weighted by Crippen LogP contribution is 2.27. The highest BCUT2D eigenvalue weighted by atomic mass is 79.9. The van der Waals surface area contributed by atoms with E-state index >= 15 is 0 Å². The molecule has 3 aromatic carbocycles. The molecular formula is C30H35BrN2O5. The van der Waals surface area contributed by atoms with Crippen LogP contribution in [0, 0.1) is 0 Å². The standard InChI is InChI=1S/C30H35BrN2O5/c1-5-21(2)32-30(35)28(15-22-9-7-6-8-10-22)33(19-23-11-13-24(31)14-12-23)29(34)20-38-27-17-25(36-3)16-26(18-27)37-4/h6-14,16-18,21,28H,5,15,19-20H2,1-4H3,(H,32,35). The molecule has 202 valence electrons. The summed E-state index contributed by atoms with van der Waals surface area (Å²) in [5, 5.41) is 3.07. The van der Waals surface area contributed by atoms with Crippen molar-refractivity contribution in [3.63, 3.8) is 0 Å². The molecule has 0 saturated carbocycles. The molecule has 0 heterocycles. The Labute approximate surface area is 233 Å². The number of benzene rings is 3. The number of hydrogen-bond acceptors (Lipinski definition) is 5. The van der Waals surface area contributed by atoms with Gasteiger partial charge in [-0.25, -0.2) is 0 Å². The lowest BCUT2D eigenvalue weighted by atomic mass is 10.0. The highest BCUT2D eigenvalue weighted by molar-refractivity contribution is 9.10. The van der Waals surface area contributed by atoms with Crippen LogP contribution >= 0.6 is 15.9 Å². The van der Waals surface area contributed by atoms with E-state index in [1.807, 2.05) is 68.4 Å². The molecule has 7 nitrogen and oxygen atoms in total. The number of carbonyl (C=O) groups is 2. The molecule has 38 heavy (non-hydrogen) atoms. The number of amides is 2. The van der Waals surface area contributed by atoms with Crippen LogP contribution < -0.4 is 19.5 Å². The van der Waals surface area contributed by atoms with Crippen LogP contribution in [0.1, 0.15) is 31.4 Å². The van der Waals surface area contributed by atoms with Crippen molar-refractivity contribution < 1.29 is 23.8 Å². The zero-order valence-electron chi connectivity index (χ0n) is 22.3. The molecule has 2 unspecified atom stereocenters. The Bertz CT molecular complexity index is 1160. The van der Waals surface area contributed by atoms with E-state index in [1.165, 1.54) is 0 Å². The minimum atomic E-state index is -0.731. The van der Waals surface area contributed by atoms with Gasteiger partial charge in [0.05, 0.1) is 14.2 Å². The Kier molecular flexibility index (Phi) is 11.0. The zero-order chi connectivity index (χ0) is 27.5. The first-order chi connectivity index (χ1) is 18.3. The van der Waals surface area contributed by atoms with Crippen molar-refractivity contribution in [2.45, 2.75) is 45.3 Å². The average Bonchev–Trinajstić information content (AvgIpc) is 2.94. The lowest BCUT2D eigenvalue weighted by molar-refractivity contribution is -0.143. The van der Waals surface area contributed by atoms with E-state index in [2.05, 4.69) is 21.2 Å². The summed E-state index contributed by atoms with van der Waals surface area (Å²) in [6.07, 6.45) is 1.16. The number of rotatable bonds is 13. The molecule has 3 rings (SSSR count). The van der Waals surface area contributed by atoms with Gasteiger partial charge >= 0.3 is 0 Å². The van der Waals surface area contributed by atoms with Gasteiger partial charge in [0, 0.05) is 41.7 Å². The molecule has 8 heteroatoms. The Balaban J connectivity index is 1.92. The molecule has 0 saturated heterocycles. The topological polar surface area (TPSA) is 77.1 Å². The number of nitrogens with zero attached hydrogens (tertiary/aromatic N) is 1. The van der Waals surface area contributed by atoms with Crippen molar-refractivity contribution in [2.24, 2.45) is 0 Å². The number of hydrogen-bond donors (Lipinski definition) is 1. The van der Waals surface area contributed by atoms with Crippen LogP contribution in [0.2, 0.25) is 0 Å². The molecule has 0 fully saturated rings. The normalized spacial score (nSPS) is 12.2. The summed E-state index contributed by atoms with van der Waals surface area (Å²) in [4.78, 5) is 28.9. The maximum atomic E-state index is 13.7. The predicted octanol–water partition coefficient (Wildman–Crippen LogP) is 5.40. The number of methoxy groups -OCH3 is 2. The van der Waals surface area contributed by atoms with Gasteiger partial charge in [-0.1, -0.05) is 65.3 Å². The van der Waals surface area contributed by atoms with Crippen LogP contribution in [0.3, 0.4) is 0 Å². The fraction of sp³-hybridized carbons (Fsp3) is 0.333. The van der Waals surface area contributed by atoms with E-state index in [4.69, 9.17) is 14.2 Å². The van der Waals surface area contributed by atoms with Crippen LogP contribution in [0.5, 0.6) is 17.2 Å². The van der Waals surface area contributed by atoms with Gasteiger partial charge in [-0.2, -0.15) is 0 Å². The summed E-state index contributed by atoms with van der Waals surface area (Å²) in [5.74, 6) is 1.02. The van der Waals surface area contributed by atoms with Crippen molar-refractivity contribution in [3.8, 4) is 17.2 Å². The van der Waals surface area contributed by atoms with Crippen molar-refractivity contribution >= 4 is 27.7 Å². The molecule has 2 amide bonds. The van der Waals surface area contributed by atoms with Gasteiger partial charge in [-0.15, -0.1) is 0 Å². The predicted molar refractivity (Wildman–Crippen MR) is 152 cm³/mol. The fourth-order valence-electron chi connectivity index (χ4n) is 3.87. The first-order valence-electron chi connectivity index (χ1n) is 12.6. The molecule has 0 bridgehead atoms. The second-order valence-electron chi connectivity index (χ2n) is 9.01. The van der Waals surface area contributed by atoms with Gasteiger partial charge in [0.2, 0.25) is 5.91 Å². The molecule has 0 aliphatic carbocycles. The first-order valence-corrected chi connectivity index (χ1v) is 13.4. The van der Waals surface area contributed by atoms with Gasteiger partial charge in [0.1, 0.15) is 23.3 Å². The first kappa shape index (κ1) is 29.0. The van der Waals surface area contributed by atoms with Crippen LogP contribution in [-0.2, 0) is 22.6 Å². The van der Waals surface area contributed by atoms with Gasteiger partial charge in [-0.3, -0.25) is 9.59 Å². The molecular weight excluding hydrogens is 548 g/mol. The smallest absolute Gasteiger partial charge is 0.261 e. The van der Waals surface area contributed by atoms with Gasteiger partial charge < -0.3 is 24.4 Å². The molecule has 3 aromatic rings. The maximum absolute atomic E-state index is 13.7. The number of carbonyl (C=O) groups excluding carboxylic acids is 2. The lowest BCUT2D eigenvalue weighted by Gasteiger charge is -2.32. The third-order valence-corrected chi connectivity index (χ3v) is 6.75. The quantitative estimate of drug-likeness (QED) is 0.292. The number of ether oxygens (including phenoxy) is 3. The Hall–Kier alpha value is -3.52. The molecule has 0 spiro atoms. The van der Waals surface area contributed by atoms with Gasteiger partial charge in [0.25, 0.3) is 5.91 Å². The third kappa shape index (κ3) is 8.52. The van der Waals surface area contributed by atoms with Crippen molar-refractivity contribution in [1.29, 1.82) is 0 Å². The third-order valence-electron chi connectivity index (χ3n) is 6.23. The van der Waals surface area contributed by atoms with E-state index in [9.17, 15) is 9.59 Å². The van der Waals surface area contributed by atoms with Crippen molar-refractivity contribution in [1.82, 2.24) is 10.2 Å². The highest BCUT2D eigenvalue weighted by Gasteiger charge is 2.31. The van der Waals surface area contributed by atoms with E-state index in [0.29, 0.717) is 23.7 Å². The molecule has 2 atom stereocenters. The van der Waals surface area contributed by atoms with E-state index in [1.54, 1.807) is 37.3 Å². The largest absolute Gasteiger partial charge is 0.496 e. The van der Waals surface area contributed by atoms with Crippen molar-refractivity contribution in [2.75, 3.05) is 20.8 Å². The molecule has 1 N–H and O–H groups in total. The summed E-state index contributed by atoms with van der Waals surface area (Å²) < 4.78 is 17.4. The van der Waals surface area contributed by atoms with E-state index < -0.39 is 6.04 Å². The fourth-order valence-corrected chi connectivity index (χ4v) is 4.14. The summed E-state index contributed by atoms with van der Waals surface area (Å²) in [6, 6.07) is 21.8. The van der Waals surface area contributed by atoms with E-state index in [0.717, 1.165) is 22.0 Å². The average molecular weight is 584 g/mol.